The monoisotopic (exact) mass is 371 g/mol. The van der Waals surface area contributed by atoms with E-state index in [9.17, 15) is 13.9 Å². The standard InChI is InChI=1S/C20H19F2N3O2/c1-27-19-13(21)9-11(10-14(19)22)16-17-15(3-2-6-23-17)25-8-7-24(12-4-5-12)20(26)18(16)25/h2-3,6,9-10,12,20,26H,4-5,7-8H2,1H3. The predicted molar refractivity (Wildman–Crippen MR) is 96.3 cm³/mol. The summed E-state index contributed by atoms with van der Waals surface area (Å²) in [6, 6.07) is 6.61. The number of fused-ring (bicyclic) bond motifs is 3. The molecule has 0 amide bonds. The third-order valence-electron chi connectivity index (χ3n) is 5.51. The molecule has 0 bridgehead atoms. The molecule has 1 aliphatic heterocycles. The summed E-state index contributed by atoms with van der Waals surface area (Å²) in [7, 11) is 1.23. The van der Waals surface area contributed by atoms with Gasteiger partial charge in [-0.05, 0) is 42.7 Å². The zero-order valence-corrected chi connectivity index (χ0v) is 14.8. The maximum atomic E-state index is 14.4. The zero-order valence-electron chi connectivity index (χ0n) is 14.8. The number of hydrogen-bond donors (Lipinski definition) is 1. The van der Waals surface area contributed by atoms with Crippen molar-refractivity contribution in [2.45, 2.75) is 31.7 Å². The van der Waals surface area contributed by atoms with E-state index in [2.05, 4.69) is 9.88 Å². The Balaban J connectivity index is 1.77. The summed E-state index contributed by atoms with van der Waals surface area (Å²) in [6.45, 7) is 1.44. The Morgan fingerprint density at radius 2 is 1.93 bits per heavy atom. The van der Waals surface area contributed by atoms with Crippen molar-refractivity contribution in [2.24, 2.45) is 0 Å². The van der Waals surface area contributed by atoms with E-state index >= 15 is 0 Å². The van der Waals surface area contributed by atoms with Crippen molar-refractivity contribution in [1.82, 2.24) is 14.5 Å². The molecule has 1 N–H and O–H groups in total. The van der Waals surface area contributed by atoms with Gasteiger partial charge in [0, 0.05) is 30.9 Å². The van der Waals surface area contributed by atoms with E-state index in [1.165, 1.54) is 19.2 Å². The van der Waals surface area contributed by atoms with Gasteiger partial charge in [-0.15, -0.1) is 0 Å². The molecule has 1 fully saturated rings. The zero-order chi connectivity index (χ0) is 18.7. The first-order valence-electron chi connectivity index (χ1n) is 9.04. The van der Waals surface area contributed by atoms with E-state index in [1.807, 2.05) is 16.7 Å². The second-order valence-corrected chi connectivity index (χ2v) is 7.10. The molecule has 1 aliphatic carbocycles. The van der Waals surface area contributed by atoms with Crippen LogP contribution < -0.4 is 4.74 Å². The Morgan fingerprint density at radius 3 is 2.59 bits per heavy atom. The van der Waals surface area contributed by atoms with Crippen molar-refractivity contribution in [1.29, 1.82) is 0 Å². The van der Waals surface area contributed by atoms with E-state index < -0.39 is 23.6 Å². The number of rotatable bonds is 3. The number of nitrogens with zero attached hydrogens (tertiary/aromatic N) is 3. The van der Waals surface area contributed by atoms with Crippen molar-refractivity contribution < 1.29 is 18.6 Å². The molecule has 2 aromatic heterocycles. The highest BCUT2D eigenvalue weighted by Gasteiger charge is 2.39. The van der Waals surface area contributed by atoms with Gasteiger partial charge >= 0.3 is 0 Å². The van der Waals surface area contributed by atoms with Crippen LogP contribution in [0.2, 0.25) is 0 Å². The van der Waals surface area contributed by atoms with E-state index in [0.29, 0.717) is 34.9 Å². The molecule has 0 saturated heterocycles. The molecule has 5 nitrogen and oxygen atoms in total. The minimum atomic E-state index is -0.830. The van der Waals surface area contributed by atoms with Crippen LogP contribution in [0.25, 0.3) is 22.2 Å². The summed E-state index contributed by atoms with van der Waals surface area (Å²) in [5.41, 5.74) is 3.05. The predicted octanol–water partition coefficient (Wildman–Crippen LogP) is 3.46. The molecule has 5 rings (SSSR count). The lowest BCUT2D eigenvalue weighted by atomic mass is 10.0. The number of hydrogen-bond acceptors (Lipinski definition) is 4. The largest absolute Gasteiger partial charge is 0.491 e. The van der Waals surface area contributed by atoms with Crippen LogP contribution in [0.15, 0.2) is 30.5 Å². The highest BCUT2D eigenvalue weighted by molar-refractivity contribution is 5.95. The summed E-state index contributed by atoms with van der Waals surface area (Å²) in [5.74, 6) is -1.97. The van der Waals surface area contributed by atoms with Gasteiger partial charge in [0.05, 0.1) is 23.8 Å². The quantitative estimate of drug-likeness (QED) is 0.766. The van der Waals surface area contributed by atoms with Gasteiger partial charge in [0.15, 0.2) is 17.4 Å². The highest BCUT2D eigenvalue weighted by Crippen LogP contribution is 2.44. The van der Waals surface area contributed by atoms with Crippen LogP contribution in [-0.4, -0.2) is 39.3 Å². The topological polar surface area (TPSA) is 50.5 Å². The minimum absolute atomic E-state index is 0.347. The van der Waals surface area contributed by atoms with Crippen molar-refractivity contribution in [3.63, 3.8) is 0 Å². The Morgan fingerprint density at radius 1 is 1.19 bits per heavy atom. The number of aromatic nitrogens is 2. The molecular formula is C20H19F2N3O2. The van der Waals surface area contributed by atoms with Gasteiger partial charge in [0.1, 0.15) is 6.23 Å². The van der Waals surface area contributed by atoms with Crippen LogP contribution in [0.3, 0.4) is 0 Å². The number of aliphatic hydroxyl groups is 1. The normalized spacial score (nSPS) is 20.1. The van der Waals surface area contributed by atoms with Gasteiger partial charge in [0.25, 0.3) is 0 Å². The van der Waals surface area contributed by atoms with E-state index in [-0.39, 0.29) is 0 Å². The lowest BCUT2D eigenvalue weighted by molar-refractivity contribution is -0.0255. The molecule has 140 valence electrons. The van der Waals surface area contributed by atoms with Crippen LogP contribution in [0.5, 0.6) is 5.75 Å². The smallest absolute Gasteiger partial charge is 0.190 e. The van der Waals surface area contributed by atoms with Gasteiger partial charge in [-0.3, -0.25) is 9.88 Å². The van der Waals surface area contributed by atoms with Crippen molar-refractivity contribution in [3.8, 4) is 16.9 Å². The molecule has 1 atom stereocenters. The Hall–Kier alpha value is -2.51. The summed E-state index contributed by atoms with van der Waals surface area (Å²) >= 11 is 0. The van der Waals surface area contributed by atoms with Crippen molar-refractivity contribution in [3.05, 3.63) is 47.8 Å². The van der Waals surface area contributed by atoms with Crippen molar-refractivity contribution >= 4 is 11.0 Å². The molecule has 7 heteroatoms. The Labute approximate surface area is 154 Å². The first-order chi connectivity index (χ1) is 13.1. The molecule has 0 radical (unpaired) electrons. The first kappa shape index (κ1) is 16.6. The molecule has 27 heavy (non-hydrogen) atoms. The maximum Gasteiger partial charge on any atom is 0.190 e. The molecule has 3 aromatic rings. The van der Waals surface area contributed by atoms with Crippen LogP contribution in [0.1, 0.15) is 24.8 Å². The summed E-state index contributed by atoms with van der Waals surface area (Å²) < 4.78 is 35.6. The summed E-state index contributed by atoms with van der Waals surface area (Å²) in [5, 5.41) is 11.1. The first-order valence-corrected chi connectivity index (χ1v) is 9.04. The number of halogens is 2. The van der Waals surface area contributed by atoms with Gasteiger partial charge < -0.3 is 14.4 Å². The van der Waals surface area contributed by atoms with Gasteiger partial charge in [-0.25, -0.2) is 8.78 Å². The molecule has 2 aliphatic rings. The number of benzene rings is 1. The number of ether oxygens (including phenoxy) is 1. The highest BCUT2D eigenvalue weighted by atomic mass is 19.1. The molecule has 3 heterocycles. The average molecular weight is 371 g/mol. The Bertz CT molecular complexity index is 1020. The lowest BCUT2D eigenvalue weighted by Crippen LogP contribution is -2.39. The van der Waals surface area contributed by atoms with Crippen molar-refractivity contribution in [2.75, 3.05) is 13.7 Å². The lowest BCUT2D eigenvalue weighted by Gasteiger charge is -2.34. The Kier molecular flexibility index (Phi) is 3.70. The van der Waals surface area contributed by atoms with Crippen LogP contribution in [0.4, 0.5) is 8.78 Å². The fraction of sp³-hybridized carbons (Fsp3) is 0.350. The SMILES string of the molecule is COc1c(F)cc(-c2c3n(c4cccnc24)CCN(C2CC2)C3O)cc1F. The van der Waals surface area contributed by atoms with Gasteiger partial charge in [0.2, 0.25) is 0 Å². The number of methoxy groups -OCH3 is 1. The van der Waals surface area contributed by atoms with E-state index in [0.717, 1.165) is 24.9 Å². The van der Waals surface area contributed by atoms with E-state index in [1.54, 1.807) is 6.20 Å². The van der Waals surface area contributed by atoms with Gasteiger partial charge in [-0.2, -0.15) is 0 Å². The van der Waals surface area contributed by atoms with Crippen LogP contribution >= 0.6 is 0 Å². The second-order valence-electron chi connectivity index (χ2n) is 7.10. The third-order valence-corrected chi connectivity index (χ3v) is 5.51. The molecule has 1 unspecified atom stereocenters. The molecule has 1 aromatic carbocycles. The molecule has 0 spiro atoms. The minimum Gasteiger partial charge on any atom is -0.491 e. The van der Waals surface area contributed by atoms with Crippen LogP contribution in [0, 0.1) is 11.6 Å². The average Bonchev–Trinajstić information content (AvgIpc) is 3.43. The fourth-order valence-corrected chi connectivity index (χ4v) is 4.17. The summed E-state index contributed by atoms with van der Waals surface area (Å²) in [6.07, 6.45) is 2.95. The van der Waals surface area contributed by atoms with Crippen LogP contribution in [-0.2, 0) is 6.54 Å². The summed E-state index contributed by atoms with van der Waals surface area (Å²) in [4.78, 5) is 6.52. The third kappa shape index (κ3) is 2.45. The number of aliphatic hydroxyl groups excluding tert-OH is 1. The van der Waals surface area contributed by atoms with Gasteiger partial charge in [-0.1, -0.05) is 0 Å². The molecule has 1 saturated carbocycles. The fourth-order valence-electron chi connectivity index (χ4n) is 4.17. The maximum absolute atomic E-state index is 14.4. The molecular weight excluding hydrogens is 352 g/mol. The second kappa shape index (κ2) is 6.00. The number of pyridine rings is 1. The van der Waals surface area contributed by atoms with E-state index in [4.69, 9.17) is 4.74 Å².